The van der Waals surface area contributed by atoms with E-state index in [2.05, 4.69) is 170 Å². The van der Waals surface area contributed by atoms with Gasteiger partial charge in [0.05, 0.1) is 0 Å². The van der Waals surface area contributed by atoms with E-state index in [0.717, 1.165) is 0 Å². The Morgan fingerprint density at radius 2 is 0.760 bits per heavy atom. The third kappa shape index (κ3) is 4.10. The Morgan fingerprint density at radius 3 is 1.48 bits per heavy atom. The molecule has 0 saturated carbocycles. The van der Waals surface area contributed by atoms with Gasteiger partial charge in [-0.1, -0.05) is 152 Å². The summed E-state index contributed by atoms with van der Waals surface area (Å²) in [5.41, 5.74) is 7.57. The average molecular weight is 669 g/mol. The molecular formula is C48H28S2. The number of rotatable bonds is 3. The predicted octanol–water partition coefficient (Wildman–Crippen LogP) is 14.9. The van der Waals surface area contributed by atoms with Crippen molar-refractivity contribution in [3.63, 3.8) is 0 Å². The van der Waals surface area contributed by atoms with E-state index in [1.807, 2.05) is 22.7 Å². The molecule has 0 spiro atoms. The Bertz CT molecular complexity index is 3070. The second kappa shape index (κ2) is 10.9. The van der Waals surface area contributed by atoms with Gasteiger partial charge in [-0.25, -0.2) is 0 Å². The molecule has 2 heterocycles. The van der Waals surface area contributed by atoms with Crippen LogP contribution in [0, 0.1) is 0 Å². The number of benzene rings is 9. The molecule has 0 saturated heterocycles. The molecule has 0 amide bonds. The van der Waals surface area contributed by atoms with Gasteiger partial charge in [0.15, 0.2) is 0 Å². The number of hydrogen-bond acceptors (Lipinski definition) is 2. The minimum Gasteiger partial charge on any atom is -0.135 e. The van der Waals surface area contributed by atoms with Crippen LogP contribution in [-0.2, 0) is 0 Å². The van der Waals surface area contributed by atoms with Crippen molar-refractivity contribution in [2.75, 3.05) is 0 Å². The summed E-state index contributed by atoms with van der Waals surface area (Å²) >= 11 is 3.82. The molecule has 9 aromatic carbocycles. The lowest BCUT2D eigenvalue weighted by Crippen LogP contribution is -1.91. The van der Waals surface area contributed by atoms with Crippen LogP contribution in [-0.4, -0.2) is 0 Å². The highest BCUT2D eigenvalue weighted by atomic mass is 32.1. The topological polar surface area (TPSA) is 0 Å². The van der Waals surface area contributed by atoms with Gasteiger partial charge in [-0.05, 0) is 78.5 Å². The molecule has 0 aliphatic heterocycles. The fourth-order valence-corrected chi connectivity index (χ4v) is 10.6. The normalized spacial score (nSPS) is 12.0. The zero-order valence-electron chi connectivity index (χ0n) is 27.0. The number of thiophene rings is 2. The highest BCUT2D eigenvalue weighted by molar-refractivity contribution is 7.27. The number of fused-ring (bicyclic) bond motifs is 11. The maximum Gasteiger partial charge on any atom is 0.0434 e. The van der Waals surface area contributed by atoms with E-state index in [-0.39, 0.29) is 0 Å². The summed E-state index contributed by atoms with van der Waals surface area (Å²) < 4.78 is 5.41. The van der Waals surface area contributed by atoms with Crippen molar-refractivity contribution in [3.8, 4) is 33.4 Å². The number of hydrogen-bond donors (Lipinski definition) is 0. The summed E-state index contributed by atoms with van der Waals surface area (Å²) in [7, 11) is 0. The van der Waals surface area contributed by atoms with Crippen molar-refractivity contribution in [2.45, 2.75) is 0 Å². The lowest BCUT2D eigenvalue weighted by atomic mass is 9.85. The second-order valence-electron chi connectivity index (χ2n) is 13.2. The van der Waals surface area contributed by atoms with Crippen LogP contribution in [0.25, 0.3) is 106 Å². The Labute approximate surface area is 297 Å². The van der Waals surface area contributed by atoms with Crippen LogP contribution >= 0.6 is 22.7 Å². The van der Waals surface area contributed by atoms with Gasteiger partial charge < -0.3 is 0 Å². The van der Waals surface area contributed by atoms with Crippen molar-refractivity contribution < 1.29 is 0 Å². The van der Waals surface area contributed by atoms with E-state index < -0.39 is 0 Å². The zero-order valence-corrected chi connectivity index (χ0v) is 28.6. The van der Waals surface area contributed by atoms with E-state index in [1.54, 1.807) is 0 Å². The first kappa shape index (κ1) is 28.1. The Hall–Kier alpha value is -5.80. The van der Waals surface area contributed by atoms with Crippen molar-refractivity contribution in [3.05, 3.63) is 170 Å². The van der Waals surface area contributed by atoms with Crippen LogP contribution in [0.3, 0.4) is 0 Å². The van der Waals surface area contributed by atoms with Gasteiger partial charge in [-0.15, -0.1) is 22.7 Å². The van der Waals surface area contributed by atoms with Gasteiger partial charge >= 0.3 is 0 Å². The van der Waals surface area contributed by atoms with E-state index >= 15 is 0 Å². The van der Waals surface area contributed by atoms with Gasteiger partial charge in [0.2, 0.25) is 0 Å². The third-order valence-corrected chi connectivity index (χ3v) is 12.8. The summed E-state index contributed by atoms with van der Waals surface area (Å²) in [4.78, 5) is 0. The molecule has 232 valence electrons. The third-order valence-electron chi connectivity index (χ3n) is 10.5. The summed E-state index contributed by atoms with van der Waals surface area (Å²) in [6.07, 6.45) is 0. The minimum absolute atomic E-state index is 1.23. The zero-order chi connectivity index (χ0) is 32.8. The molecule has 2 aromatic heterocycles. The highest BCUT2D eigenvalue weighted by Crippen LogP contribution is 2.47. The van der Waals surface area contributed by atoms with Crippen molar-refractivity contribution >= 4 is 95.3 Å². The van der Waals surface area contributed by atoms with Crippen LogP contribution < -0.4 is 0 Å². The molecule has 0 N–H and O–H groups in total. The summed E-state index contributed by atoms with van der Waals surface area (Å²) in [6, 6.07) is 63.0. The molecular weight excluding hydrogens is 641 g/mol. The molecule has 11 rings (SSSR count). The van der Waals surface area contributed by atoms with Crippen LogP contribution in [0.1, 0.15) is 0 Å². The molecule has 0 radical (unpaired) electrons. The quantitative estimate of drug-likeness (QED) is 0.164. The SMILES string of the molecule is c1ccc(-c2ccc(-c3c4ccccc4c(-c4ccc5c(c4)sc4ccc6c(ccc7c8ccccc8sc76)c45)c4ccccc34)cc2)cc1. The lowest BCUT2D eigenvalue weighted by molar-refractivity contribution is 1.61. The van der Waals surface area contributed by atoms with E-state index in [9.17, 15) is 0 Å². The second-order valence-corrected chi connectivity index (χ2v) is 15.3. The maximum absolute atomic E-state index is 2.44. The smallest absolute Gasteiger partial charge is 0.0434 e. The standard InChI is InChI=1S/C48H28S2/c1-2-10-29(11-3-1)30-18-20-31(21-19-30)45-34-13-4-6-15-36(34)46(37-16-7-5-14-35(37)45)32-22-23-41-44(28-32)49-43-27-26-40-38(47(41)43)24-25-39-33-12-8-9-17-42(33)50-48(39)40/h1-28H. The molecule has 11 aromatic rings. The molecule has 0 aliphatic carbocycles. The van der Waals surface area contributed by atoms with Gasteiger partial charge in [0, 0.05) is 45.7 Å². The van der Waals surface area contributed by atoms with Gasteiger partial charge in [-0.2, -0.15) is 0 Å². The fraction of sp³-hybridized carbons (Fsp3) is 0. The van der Waals surface area contributed by atoms with E-state index in [1.165, 1.54) is 106 Å². The first-order valence-corrected chi connectivity index (χ1v) is 18.7. The average Bonchev–Trinajstić information content (AvgIpc) is 3.76. The lowest BCUT2D eigenvalue weighted by Gasteiger charge is -2.18. The van der Waals surface area contributed by atoms with E-state index in [4.69, 9.17) is 0 Å². The van der Waals surface area contributed by atoms with Gasteiger partial charge in [0.1, 0.15) is 0 Å². The molecule has 2 heteroatoms. The van der Waals surface area contributed by atoms with Crippen LogP contribution in [0.5, 0.6) is 0 Å². The van der Waals surface area contributed by atoms with Crippen molar-refractivity contribution in [2.24, 2.45) is 0 Å². The molecule has 0 aliphatic rings. The van der Waals surface area contributed by atoms with Crippen LogP contribution in [0.15, 0.2) is 170 Å². The maximum atomic E-state index is 2.44. The summed E-state index contributed by atoms with van der Waals surface area (Å²) in [5.74, 6) is 0. The Balaban J connectivity index is 1.12. The monoisotopic (exact) mass is 668 g/mol. The molecule has 0 fully saturated rings. The van der Waals surface area contributed by atoms with Crippen LogP contribution in [0.4, 0.5) is 0 Å². The van der Waals surface area contributed by atoms with Crippen molar-refractivity contribution in [1.82, 2.24) is 0 Å². The molecule has 0 nitrogen and oxygen atoms in total. The largest absolute Gasteiger partial charge is 0.135 e. The van der Waals surface area contributed by atoms with E-state index in [0.29, 0.717) is 0 Å². The molecule has 0 bridgehead atoms. The summed E-state index contributed by atoms with van der Waals surface area (Å²) in [5, 5.41) is 13.2. The molecule has 0 atom stereocenters. The summed E-state index contributed by atoms with van der Waals surface area (Å²) in [6.45, 7) is 0. The van der Waals surface area contributed by atoms with Gasteiger partial charge in [0.25, 0.3) is 0 Å². The van der Waals surface area contributed by atoms with Gasteiger partial charge in [-0.3, -0.25) is 0 Å². The highest BCUT2D eigenvalue weighted by Gasteiger charge is 2.19. The van der Waals surface area contributed by atoms with Crippen molar-refractivity contribution in [1.29, 1.82) is 0 Å². The molecule has 50 heavy (non-hydrogen) atoms. The first-order valence-electron chi connectivity index (χ1n) is 17.1. The predicted molar refractivity (Wildman–Crippen MR) is 221 cm³/mol. The Kier molecular flexibility index (Phi) is 6.09. The Morgan fingerprint density at radius 1 is 0.260 bits per heavy atom. The fourth-order valence-electron chi connectivity index (χ4n) is 8.23. The molecule has 0 unspecified atom stereocenters. The minimum atomic E-state index is 1.23. The first-order chi connectivity index (χ1) is 24.8. The van der Waals surface area contributed by atoms with Crippen LogP contribution in [0.2, 0.25) is 0 Å².